The molecule has 1 aliphatic heterocycles. The van der Waals surface area contributed by atoms with Crippen LogP contribution in [0.5, 0.6) is 5.75 Å². The van der Waals surface area contributed by atoms with E-state index in [1.54, 1.807) is 30.3 Å². The van der Waals surface area contributed by atoms with E-state index in [1.807, 2.05) is 0 Å². The van der Waals surface area contributed by atoms with Crippen LogP contribution in [0.1, 0.15) is 26.3 Å². The van der Waals surface area contributed by atoms with Gasteiger partial charge in [0.25, 0.3) is 0 Å². The van der Waals surface area contributed by atoms with Crippen LogP contribution < -0.4 is 4.74 Å². The van der Waals surface area contributed by atoms with E-state index in [0.29, 0.717) is 21.9 Å². The summed E-state index contributed by atoms with van der Waals surface area (Å²) in [5, 5.41) is 9.59. The molecule has 1 aliphatic rings. The van der Waals surface area contributed by atoms with Gasteiger partial charge in [-0.1, -0.05) is 29.8 Å². The lowest BCUT2D eigenvalue weighted by molar-refractivity contribution is 0.0696. The number of carbonyl (C=O) groups excluding carboxylic acids is 1. The molecule has 0 fully saturated rings. The molecule has 4 nitrogen and oxygen atoms in total. The molecule has 0 saturated carbocycles. The molecule has 0 amide bonds. The van der Waals surface area contributed by atoms with Gasteiger partial charge in [0.15, 0.2) is 5.76 Å². The van der Waals surface area contributed by atoms with Crippen LogP contribution in [-0.4, -0.2) is 16.9 Å². The smallest absolute Gasteiger partial charge is 0.336 e. The quantitative estimate of drug-likeness (QED) is 0.860. The molecule has 2 aromatic rings. The van der Waals surface area contributed by atoms with Crippen molar-refractivity contribution in [1.29, 1.82) is 0 Å². The van der Waals surface area contributed by atoms with Crippen molar-refractivity contribution in [2.75, 3.05) is 0 Å². The van der Waals surface area contributed by atoms with Crippen molar-refractivity contribution in [2.24, 2.45) is 0 Å². The molecule has 0 saturated heterocycles. The van der Waals surface area contributed by atoms with Crippen LogP contribution in [0, 0.1) is 0 Å². The molecule has 2 aromatic carbocycles. The number of carboxylic acids is 1. The Labute approximate surface area is 125 Å². The minimum absolute atomic E-state index is 0.0842. The van der Waals surface area contributed by atoms with Crippen LogP contribution in [0.2, 0.25) is 5.02 Å². The molecule has 21 heavy (non-hydrogen) atoms. The van der Waals surface area contributed by atoms with Crippen LogP contribution in [0.4, 0.5) is 0 Å². The SMILES string of the molecule is O=C(O)c1ccccc1/C=C1\Oc2ccc(Cl)cc2C1=O. The molecule has 0 radical (unpaired) electrons. The Balaban J connectivity index is 2.04. The van der Waals surface area contributed by atoms with Crippen LogP contribution in [0.3, 0.4) is 0 Å². The number of halogens is 1. The third-order valence-corrected chi connectivity index (χ3v) is 3.34. The van der Waals surface area contributed by atoms with E-state index in [-0.39, 0.29) is 17.1 Å². The van der Waals surface area contributed by atoms with Gasteiger partial charge in [0.1, 0.15) is 5.75 Å². The molecule has 0 bridgehead atoms. The van der Waals surface area contributed by atoms with Crippen molar-refractivity contribution >= 4 is 29.4 Å². The summed E-state index contributed by atoms with van der Waals surface area (Å²) in [7, 11) is 0. The highest BCUT2D eigenvalue weighted by atomic mass is 35.5. The van der Waals surface area contributed by atoms with Gasteiger partial charge in [-0.3, -0.25) is 4.79 Å². The van der Waals surface area contributed by atoms with E-state index in [2.05, 4.69) is 0 Å². The highest BCUT2D eigenvalue weighted by Crippen LogP contribution is 2.33. The first-order chi connectivity index (χ1) is 10.1. The van der Waals surface area contributed by atoms with E-state index in [0.717, 1.165) is 0 Å². The molecule has 5 heteroatoms. The molecular weight excluding hydrogens is 292 g/mol. The fraction of sp³-hybridized carbons (Fsp3) is 0. The van der Waals surface area contributed by atoms with Gasteiger partial charge in [0, 0.05) is 5.02 Å². The van der Waals surface area contributed by atoms with Crippen molar-refractivity contribution in [3.8, 4) is 5.75 Å². The Morgan fingerprint density at radius 1 is 1.19 bits per heavy atom. The van der Waals surface area contributed by atoms with Gasteiger partial charge in [-0.2, -0.15) is 0 Å². The Kier molecular flexibility index (Phi) is 3.23. The third-order valence-electron chi connectivity index (χ3n) is 3.11. The van der Waals surface area contributed by atoms with Crippen LogP contribution in [0.15, 0.2) is 48.2 Å². The Morgan fingerprint density at radius 2 is 1.95 bits per heavy atom. The molecule has 104 valence electrons. The van der Waals surface area contributed by atoms with Crippen molar-refractivity contribution in [2.45, 2.75) is 0 Å². The standard InChI is InChI=1S/C16H9ClO4/c17-10-5-6-13-12(8-10)15(18)14(21-13)7-9-3-1-2-4-11(9)16(19)20/h1-8H,(H,19,20)/b14-7-. The fourth-order valence-corrected chi connectivity index (χ4v) is 2.29. The number of hydrogen-bond acceptors (Lipinski definition) is 3. The average molecular weight is 301 g/mol. The first-order valence-electron chi connectivity index (χ1n) is 6.12. The van der Waals surface area contributed by atoms with Crippen LogP contribution >= 0.6 is 11.6 Å². The highest BCUT2D eigenvalue weighted by molar-refractivity contribution is 6.31. The minimum Gasteiger partial charge on any atom is -0.478 e. The third kappa shape index (κ3) is 2.41. The molecule has 3 rings (SSSR count). The first kappa shape index (κ1) is 13.4. The van der Waals surface area contributed by atoms with Crippen molar-refractivity contribution in [1.82, 2.24) is 0 Å². The van der Waals surface area contributed by atoms with Gasteiger partial charge in [-0.15, -0.1) is 0 Å². The van der Waals surface area contributed by atoms with Crippen LogP contribution in [0.25, 0.3) is 6.08 Å². The number of rotatable bonds is 2. The number of ether oxygens (including phenoxy) is 1. The molecule has 0 aromatic heterocycles. The molecular formula is C16H9ClO4. The molecule has 0 atom stereocenters. The van der Waals surface area contributed by atoms with Crippen molar-refractivity contribution in [3.63, 3.8) is 0 Å². The molecule has 1 N–H and O–H groups in total. The monoisotopic (exact) mass is 300 g/mol. The second kappa shape index (κ2) is 5.07. The van der Waals surface area contributed by atoms with Crippen molar-refractivity contribution in [3.05, 3.63) is 69.9 Å². The lowest BCUT2D eigenvalue weighted by Gasteiger charge is -2.02. The van der Waals surface area contributed by atoms with E-state index in [9.17, 15) is 9.59 Å². The summed E-state index contributed by atoms with van der Waals surface area (Å²) in [6.45, 7) is 0. The van der Waals surface area contributed by atoms with Gasteiger partial charge < -0.3 is 9.84 Å². The lowest BCUT2D eigenvalue weighted by Crippen LogP contribution is -2.02. The number of fused-ring (bicyclic) bond motifs is 1. The number of ketones is 1. The number of allylic oxidation sites excluding steroid dienone is 1. The largest absolute Gasteiger partial charge is 0.478 e. The zero-order chi connectivity index (χ0) is 15.0. The number of benzene rings is 2. The average Bonchev–Trinajstić information content (AvgIpc) is 2.76. The zero-order valence-electron chi connectivity index (χ0n) is 10.7. The summed E-state index contributed by atoms with van der Waals surface area (Å²) in [6, 6.07) is 11.2. The Hall–Kier alpha value is -2.59. The summed E-state index contributed by atoms with van der Waals surface area (Å²) in [5.74, 6) is -0.870. The topological polar surface area (TPSA) is 63.6 Å². The van der Waals surface area contributed by atoms with Gasteiger partial charge in [-0.25, -0.2) is 4.79 Å². The molecule has 0 aliphatic carbocycles. The van der Waals surface area contributed by atoms with Gasteiger partial charge in [0.2, 0.25) is 5.78 Å². The summed E-state index contributed by atoms with van der Waals surface area (Å²) < 4.78 is 5.47. The van der Waals surface area contributed by atoms with Gasteiger partial charge in [0.05, 0.1) is 11.1 Å². The normalized spacial score (nSPS) is 14.9. The van der Waals surface area contributed by atoms with Crippen molar-refractivity contribution < 1.29 is 19.4 Å². The van der Waals surface area contributed by atoms with E-state index < -0.39 is 5.97 Å². The number of Topliss-reactive ketones (excluding diaryl/α,β-unsaturated/α-hetero) is 1. The molecule has 0 spiro atoms. The second-order valence-corrected chi connectivity index (χ2v) is 4.91. The zero-order valence-corrected chi connectivity index (χ0v) is 11.4. The maximum absolute atomic E-state index is 12.2. The Bertz CT molecular complexity index is 793. The number of carboxylic acid groups (broad SMARTS) is 1. The summed E-state index contributed by atoms with van der Waals surface area (Å²) in [5.41, 5.74) is 0.893. The summed E-state index contributed by atoms with van der Waals surface area (Å²) >= 11 is 5.86. The maximum atomic E-state index is 12.2. The predicted molar refractivity (Wildman–Crippen MR) is 77.8 cm³/mol. The lowest BCUT2D eigenvalue weighted by atomic mass is 10.0. The summed E-state index contributed by atoms with van der Waals surface area (Å²) in [6.07, 6.45) is 1.43. The van der Waals surface area contributed by atoms with E-state index >= 15 is 0 Å². The minimum atomic E-state index is -1.06. The number of carbonyl (C=O) groups is 2. The number of hydrogen-bond donors (Lipinski definition) is 1. The first-order valence-corrected chi connectivity index (χ1v) is 6.50. The predicted octanol–water partition coefficient (Wildman–Crippen LogP) is 3.65. The van der Waals surface area contributed by atoms with Gasteiger partial charge >= 0.3 is 5.97 Å². The van der Waals surface area contributed by atoms with E-state index in [1.165, 1.54) is 18.2 Å². The Morgan fingerprint density at radius 3 is 2.71 bits per heavy atom. The number of aromatic carboxylic acids is 1. The van der Waals surface area contributed by atoms with E-state index in [4.69, 9.17) is 21.4 Å². The fourth-order valence-electron chi connectivity index (χ4n) is 2.12. The second-order valence-electron chi connectivity index (χ2n) is 4.47. The van der Waals surface area contributed by atoms with Crippen LogP contribution in [-0.2, 0) is 0 Å². The molecule has 0 unspecified atom stereocenters. The maximum Gasteiger partial charge on any atom is 0.336 e. The van der Waals surface area contributed by atoms with Gasteiger partial charge in [-0.05, 0) is 35.9 Å². The highest BCUT2D eigenvalue weighted by Gasteiger charge is 2.27. The molecule has 1 heterocycles. The summed E-state index contributed by atoms with van der Waals surface area (Å²) in [4.78, 5) is 23.4.